The van der Waals surface area contributed by atoms with Crippen LogP contribution in [0.4, 0.5) is 5.69 Å². The van der Waals surface area contributed by atoms with Gasteiger partial charge in [0, 0.05) is 18.3 Å². The first-order valence-corrected chi connectivity index (χ1v) is 11.3. The molecule has 152 valence electrons. The predicted molar refractivity (Wildman–Crippen MR) is 111 cm³/mol. The summed E-state index contributed by atoms with van der Waals surface area (Å²) in [6, 6.07) is 5.93. The highest BCUT2D eigenvalue weighted by Crippen LogP contribution is 2.18. The number of nitrogens with one attached hydrogen (secondary N) is 2. The quantitative estimate of drug-likeness (QED) is 0.449. The zero-order chi connectivity index (χ0) is 20.7. The first-order chi connectivity index (χ1) is 13.3. The number of rotatable bonds is 10. The van der Waals surface area contributed by atoms with Crippen LogP contribution in [-0.2, 0) is 21.4 Å². The number of thioether (sulfide) groups is 1. The number of hydrogen-bond donors (Lipinski definition) is 2. The normalized spacial score (nSPS) is 12.5. The number of carbonyl (C=O) groups excluding carboxylic acids is 1. The van der Waals surface area contributed by atoms with E-state index in [2.05, 4.69) is 26.8 Å². The summed E-state index contributed by atoms with van der Waals surface area (Å²) in [4.78, 5) is 12.3. The number of hydrogen-bond acceptors (Lipinski definition) is 6. The van der Waals surface area contributed by atoms with Crippen molar-refractivity contribution in [2.75, 3.05) is 11.1 Å². The maximum Gasteiger partial charge on any atom is 0.240 e. The lowest BCUT2D eigenvalue weighted by atomic mass is 10.3. The van der Waals surface area contributed by atoms with Gasteiger partial charge in [0.05, 0.1) is 10.6 Å². The van der Waals surface area contributed by atoms with Crippen molar-refractivity contribution in [2.24, 2.45) is 0 Å². The third kappa shape index (κ3) is 5.91. The zero-order valence-corrected chi connectivity index (χ0v) is 17.8. The molecule has 28 heavy (non-hydrogen) atoms. The third-order valence-corrected chi connectivity index (χ3v) is 6.54. The molecular formula is C18H25N5O3S2. The van der Waals surface area contributed by atoms with Crippen LogP contribution in [-0.4, -0.2) is 40.9 Å². The Morgan fingerprint density at radius 2 is 2.00 bits per heavy atom. The van der Waals surface area contributed by atoms with E-state index in [9.17, 15) is 13.2 Å². The van der Waals surface area contributed by atoms with Crippen molar-refractivity contribution < 1.29 is 13.2 Å². The van der Waals surface area contributed by atoms with Crippen molar-refractivity contribution >= 4 is 33.4 Å². The lowest BCUT2D eigenvalue weighted by Gasteiger charge is -2.12. The van der Waals surface area contributed by atoms with Crippen molar-refractivity contribution in [3.8, 4) is 0 Å². The number of carbonyl (C=O) groups is 1. The van der Waals surface area contributed by atoms with Crippen LogP contribution in [0.5, 0.6) is 0 Å². The zero-order valence-electron chi connectivity index (χ0n) is 16.2. The molecule has 8 nitrogen and oxygen atoms in total. The Labute approximate surface area is 169 Å². The Morgan fingerprint density at radius 1 is 1.32 bits per heavy atom. The van der Waals surface area contributed by atoms with Gasteiger partial charge in [0.15, 0.2) is 5.16 Å². The summed E-state index contributed by atoms with van der Waals surface area (Å²) in [5, 5.41) is 11.5. The van der Waals surface area contributed by atoms with Crippen LogP contribution in [0.25, 0.3) is 0 Å². The fourth-order valence-electron chi connectivity index (χ4n) is 2.27. The van der Waals surface area contributed by atoms with Gasteiger partial charge in [-0.15, -0.1) is 16.8 Å². The number of benzene rings is 1. The van der Waals surface area contributed by atoms with Crippen LogP contribution in [0.15, 0.2) is 47.0 Å². The Bertz CT molecular complexity index is 923. The minimum absolute atomic E-state index is 0.145. The van der Waals surface area contributed by atoms with Crippen LogP contribution in [0, 0.1) is 6.92 Å². The lowest BCUT2D eigenvalue weighted by molar-refractivity contribution is -0.113. The Balaban J connectivity index is 1.95. The summed E-state index contributed by atoms with van der Waals surface area (Å²) in [5.74, 6) is 0.694. The third-order valence-electron chi connectivity index (χ3n) is 3.96. The van der Waals surface area contributed by atoms with Crippen molar-refractivity contribution in [2.45, 2.75) is 49.8 Å². The molecule has 1 aromatic heterocycles. The van der Waals surface area contributed by atoms with Gasteiger partial charge in [0.1, 0.15) is 5.82 Å². The van der Waals surface area contributed by atoms with Gasteiger partial charge in [0.25, 0.3) is 0 Å². The van der Waals surface area contributed by atoms with Crippen LogP contribution in [0.3, 0.4) is 0 Å². The van der Waals surface area contributed by atoms with Crippen LogP contribution in [0.1, 0.15) is 26.1 Å². The molecule has 0 radical (unpaired) electrons. The summed E-state index contributed by atoms with van der Waals surface area (Å²) in [7, 11) is -3.56. The van der Waals surface area contributed by atoms with Crippen LogP contribution in [0.2, 0.25) is 0 Å². The highest BCUT2D eigenvalue weighted by atomic mass is 32.2. The molecule has 0 spiro atoms. The number of nitrogens with zero attached hydrogens (tertiary/aromatic N) is 3. The predicted octanol–water partition coefficient (Wildman–Crippen LogP) is 2.58. The van der Waals surface area contributed by atoms with Gasteiger partial charge in [-0.25, -0.2) is 13.1 Å². The molecule has 2 aromatic rings. The molecule has 0 aliphatic rings. The van der Waals surface area contributed by atoms with Gasteiger partial charge in [-0.1, -0.05) is 24.8 Å². The number of aryl methyl sites for hydroxylation is 1. The van der Waals surface area contributed by atoms with Gasteiger partial charge in [-0.2, -0.15) is 0 Å². The van der Waals surface area contributed by atoms with E-state index in [4.69, 9.17) is 0 Å². The lowest BCUT2D eigenvalue weighted by Crippen LogP contribution is -2.31. The van der Waals surface area contributed by atoms with Gasteiger partial charge in [0.2, 0.25) is 15.9 Å². The molecule has 1 aromatic carbocycles. The number of sulfonamides is 1. The maximum absolute atomic E-state index is 12.3. The number of aromatic nitrogens is 3. The first-order valence-electron chi connectivity index (χ1n) is 8.82. The van der Waals surface area contributed by atoms with E-state index in [0.717, 1.165) is 5.82 Å². The molecule has 10 heteroatoms. The van der Waals surface area contributed by atoms with Crippen molar-refractivity contribution in [1.82, 2.24) is 19.5 Å². The topological polar surface area (TPSA) is 106 Å². The summed E-state index contributed by atoms with van der Waals surface area (Å²) >= 11 is 1.28. The smallest absolute Gasteiger partial charge is 0.240 e. The second kappa shape index (κ2) is 9.85. The molecule has 1 heterocycles. The van der Waals surface area contributed by atoms with Gasteiger partial charge in [-0.3, -0.25) is 4.79 Å². The van der Waals surface area contributed by atoms with Crippen molar-refractivity contribution in [3.63, 3.8) is 0 Å². The van der Waals surface area contributed by atoms with E-state index >= 15 is 0 Å². The standard InChI is InChI=1S/C18H25N5O3S2/c1-5-11-23-14(4)20-21-18(23)27-12-17(24)19-15-7-9-16(10-8-15)28(25,26)22-13(3)6-2/h5,7-10,13,22H,1,6,11-12H2,2-4H3,(H,19,24). The van der Waals surface area contributed by atoms with Gasteiger partial charge < -0.3 is 9.88 Å². The van der Waals surface area contributed by atoms with E-state index < -0.39 is 10.0 Å². The minimum Gasteiger partial charge on any atom is -0.325 e. The molecule has 2 N–H and O–H groups in total. The summed E-state index contributed by atoms with van der Waals surface area (Å²) in [5.41, 5.74) is 0.525. The van der Waals surface area contributed by atoms with Crippen molar-refractivity contribution in [1.29, 1.82) is 0 Å². The molecular weight excluding hydrogens is 398 g/mol. The van der Waals surface area contributed by atoms with E-state index in [-0.39, 0.29) is 22.6 Å². The van der Waals surface area contributed by atoms with E-state index in [1.807, 2.05) is 18.4 Å². The van der Waals surface area contributed by atoms with E-state index in [1.165, 1.54) is 23.9 Å². The molecule has 1 unspecified atom stereocenters. The highest BCUT2D eigenvalue weighted by molar-refractivity contribution is 7.99. The molecule has 0 bridgehead atoms. The largest absolute Gasteiger partial charge is 0.325 e. The van der Waals surface area contributed by atoms with E-state index in [0.29, 0.717) is 23.8 Å². The summed E-state index contributed by atoms with van der Waals surface area (Å²) < 4.78 is 29.0. The monoisotopic (exact) mass is 423 g/mol. The molecule has 0 aliphatic carbocycles. The SMILES string of the molecule is C=CCn1c(C)nnc1SCC(=O)Nc1ccc(S(=O)(=O)NC(C)CC)cc1. The Morgan fingerprint density at radius 3 is 2.61 bits per heavy atom. The molecule has 0 fully saturated rings. The fourth-order valence-corrected chi connectivity index (χ4v) is 4.39. The molecule has 1 atom stereocenters. The van der Waals surface area contributed by atoms with Gasteiger partial charge >= 0.3 is 0 Å². The van der Waals surface area contributed by atoms with Gasteiger partial charge in [-0.05, 0) is 44.5 Å². The molecule has 1 amide bonds. The average Bonchev–Trinajstić information content (AvgIpc) is 3.00. The second-order valence-electron chi connectivity index (χ2n) is 6.22. The Kier molecular flexibility index (Phi) is 7.78. The highest BCUT2D eigenvalue weighted by Gasteiger charge is 2.16. The van der Waals surface area contributed by atoms with Crippen LogP contribution >= 0.6 is 11.8 Å². The van der Waals surface area contributed by atoms with Crippen molar-refractivity contribution in [3.05, 3.63) is 42.7 Å². The molecule has 2 rings (SSSR count). The summed E-state index contributed by atoms with van der Waals surface area (Å²) in [6.07, 6.45) is 2.44. The maximum atomic E-state index is 12.3. The summed E-state index contributed by atoms with van der Waals surface area (Å²) in [6.45, 7) is 9.83. The Hall–Kier alpha value is -2.17. The number of anilines is 1. The van der Waals surface area contributed by atoms with Crippen LogP contribution < -0.4 is 10.0 Å². The molecule has 0 saturated heterocycles. The fraction of sp³-hybridized carbons (Fsp3) is 0.389. The molecule has 0 aliphatic heterocycles. The first kappa shape index (κ1) is 22.1. The number of amides is 1. The molecule has 0 saturated carbocycles. The van der Waals surface area contributed by atoms with E-state index in [1.54, 1.807) is 25.1 Å². The second-order valence-corrected chi connectivity index (χ2v) is 8.88. The number of allylic oxidation sites excluding steroid dienone is 1. The minimum atomic E-state index is -3.56. The average molecular weight is 424 g/mol.